The smallest absolute Gasteiger partial charge is 0.266 e. The van der Waals surface area contributed by atoms with E-state index >= 15 is 0 Å². The Morgan fingerprint density at radius 2 is 1.67 bits per heavy atom. The van der Waals surface area contributed by atoms with Gasteiger partial charge in [-0.3, -0.25) is 44.1 Å². The Balaban J connectivity index is 0.852. The van der Waals surface area contributed by atoms with Crippen LogP contribution in [-0.2, 0) is 32.0 Å². The normalized spacial score (nSPS) is 14.5. The maximum atomic E-state index is 13.2. The van der Waals surface area contributed by atoms with E-state index in [1.165, 1.54) is 18.2 Å². The van der Waals surface area contributed by atoms with Gasteiger partial charge in [-0.1, -0.05) is 38.0 Å². The molecule has 2 aliphatic heterocycles. The van der Waals surface area contributed by atoms with Gasteiger partial charge < -0.3 is 31.3 Å². The Morgan fingerprint density at radius 3 is 2.46 bits per heavy atom. The van der Waals surface area contributed by atoms with E-state index < -0.39 is 35.6 Å². The number of hydrogen-bond acceptors (Lipinski definition) is 14. The van der Waals surface area contributed by atoms with Crippen LogP contribution in [0.3, 0.4) is 0 Å². The lowest BCUT2D eigenvalue weighted by molar-refractivity contribution is -0.136. The van der Waals surface area contributed by atoms with Crippen molar-refractivity contribution in [3.63, 3.8) is 0 Å². The number of nitrogens with one attached hydrogen (secondary N) is 7. The maximum Gasteiger partial charge on any atom is 0.266 e. The zero-order valence-corrected chi connectivity index (χ0v) is 33.8. The summed E-state index contributed by atoms with van der Waals surface area (Å²) in [5.74, 6) is -0.677. The van der Waals surface area contributed by atoms with E-state index in [2.05, 4.69) is 58.1 Å². The molecule has 6 amide bonds. The number of nitrogens with zero attached hydrogens (tertiary/aromatic N) is 5. The number of anilines is 5. The van der Waals surface area contributed by atoms with Crippen LogP contribution < -0.4 is 36.6 Å². The topological polar surface area (TPSA) is 265 Å². The molecule has 1 unspecified atom stereocenters. The third-order valence-electron chi connectivity index (χ3n) is 9.99. The summed E-state index contributed by atoms with van der Waals surface area (Å²) in [5, 5.41) is 33.8. The van der Waals surface area contributed by atoms with Gasteiger partial charge in [0.2, 0.25) is 23.7 Å². The average Bonchev–Trinajstić information content (AvgIpc) is 3.80. The number of carbonyl (C=O) groups excluding carboxylic acids is 6. The minimum Gasteiger partial charge on any atom is -0.483 e. The molecule has 0 bridgehead atoms. The first-order chi connectivity index (χ1) is 29.6. The lowest BCUT2D eigenvalue weighted by Gasteiger charge is -2.27. The number of carbonyl (C=O) groups is 6. The fourth-order valence-electron chi connectivity index (χ4n) is 6.81. The molecule has 6 rings (SSSR count). The number of benzene rings is 2. The summed E-state index contributed by atoms with van der Waals surface area (Å²) in [4.78, 5) is 85.2. The zero-order chi connectivity index (χ0) is 43.1. The number of H-pyrrole nitrogens is 1. The van der Waals surface area contributed by atoms with Gasteiger partial charge in [0, 0.05) is 49.8 Å². The van der Waals surface area contributed by atoms with Gasteiger partial charge in [0.05, 0.1) is 29.8 Å². The molecule has 0 radical (unpaired) electrons. The summed E-state index contributed by atoms with van der Waals surface area (Å²) in [5.41, 5.74) is 2.74. The van der Waals surface area contributed by atoms with Crippen LogP contribution in [0.5, 0.6) is 5.75 Å². The Bertz CT molecular complexity index is 2290. The molecule has 2 aromatic carbocycles. The Hall–Kier alpha value is -7.36. The van der Waals surface area contributed by atoms with Crippen molar-refractivity contribution < 1.29 is 33.5 Å². The van der Waals surface area contributed by atoms with Crippen molar-refractivity contribution in [3.05, 3.63) is 77.0 Å². The molecular formula is C42H48N12O7. The van der Waals surface area contributed by atoms with Gasteiger partial charge in [-0.15, -0.1) is 0 Å². The lowest BCUT2D eigenvalue weighted by Crippen LogP contribution is -2.54. The molecule has 4 heterocycles. The van der Waals surface area contributed by atoms with Crippen LogP contribution in [0.4, 0.5) is 29.1 Å². The number of piperidine rings is 1. The van der Waals surface area contributed by atoms with E-state index in [-0.39, 0.29) is 42.2 Å². The standard InChI is InChI=1S/C42H48N12O7/c1-2-27-24-47-53-38(27)49-33-23-32(50-42(51-33)48-28-14-12-26(13-15-28)18-19-43)44-21-8-22-45-34(55)11-5-3-4-6-20-46-36(57)25-61-31-10-7-9-29-37(31)41(60)54(40(29)59)30-16-17-35(56)52-39(30)58/h7,9-10,12-15,23-24,30H,2-6,8,11,16-18,20-22,25H2,1H3,(H,45,55)(H,46,57)(H,52,56,58)(H4,44,47,48,49,50,51,53). The number of aromatic amines is 1. The van der Waals surface area contributed by atoms with Gasteiger partial charge in [-0.05, 0) is 61.9 Å². The second kappa shape index (κ2) is 21.1. The Kier molecular flexibility index (Phi) is 14.9. The number of hydrogen-bond donors (Lipinski definition) is 7. The molecule has 61 heavy (non-hydrogen) atoms. The van der Waals surface area contributed by atoms with Crippen molar-refractivity contribution in [1.29, 1.82) is 5.26 Å². The zero-order valence-electron chi connectivity index (χ0n) is 33.8. The fourth-order valence-corrected chi connectivity index (χ4v) is 6.81. The van der Waals surface area contributed by atoms with Crippen LogP contribution in [0.1, 0.15) is 90.1 Å². The minimum absolute atomic E-state index is 0.00792. The molecule has 7 N–H and O–H groups in total. The molecule has 2 aromatic heterocycles. The van der Waals surface area contributed by atoms with Gasteiger partial charge in [0.1, 0.15) is 29.2 Å². The molecule has 0 saturated carbocycles. The molecule has 4 aromatic rings. The number of ether oxygens (including phenoxy) is 1. The molecule has 0 aliphatic carbocycles. The SMILES string of the molecule is CCc1cn[nH]c1Nc1cc(NCCCNC(=O)CCCCCCNC(=O)COc2cccc3c2C(=O)N(C2CCC(=O)NC2=O)C3=O)nc(Nc2ccc(CC#N)cc2)n1. The second-order valence-corrected chi connectivity index (χ2v) is 14.4. The van der Waals surface area contributed by atoms with Crippen LogP contribution in [0.15, 0.2) is 54.7 Å². The minimum atomic E-state index is -1.10. The summed E-state index contributed by atoms with van der Waals surface area (Å²) in [6, 6.07) is 14.8. The first-order valence-electron chi connectivity index (χ1n) is 20.3. The highest BCUT2D eigenvalue weighted by atomic mass is 16.5. The van der Waals surface area contributed by atoms with Crippen molar-refractivity contribution in [2.24, 2.45) is 0 Å². The quantitative estimate of drug-likeness (QED) is 0.0439. The van der Waals surface area contributed by atoms with Crippen LogP contribution in [0.2, 0.25) is 0 Å². The van der Waals surface area contributed by atoms with Crippen LogP contribution in [0, 0.1) is 11.3 Å². The van der Waals surface area contributed by atoms with E-state index in [1.807, 2.05) is 31.2 Å². The monoisotopic (exact) mass is 832 g/mol. The molecule has 1 fully saturated rings. The first kappa shape index (κ1) is 43.2. The van der Waals surface area contributed by atoms with Crippen molar-refractivity contribution in [2.75, 3.05) is 42.2 Å². The molecule has 19 nitrogen and oxygen atoms in total. The predicted octanol–water partition coefficient (Wildman–Crippen LogP) is 3.78. The molecule has 0 spiro atoms. The molecule has 2 aliphatic rings. The average molecular weight is 833 g/mol. The molecule has 318 valence electrons. The van der Waals surface area contributed by atoms with Crippen molar-refractivity contribution in [1.82, 2.24) is 41.0 Å². The summed E-state index contributed by atoms with van der Waals surface area (Å²) >= 11 is 0. The molecule has 1 atom stereocenters. The molecular weight excluding hydrogens is 785 g/mol. The predicted molar refractivity (Wildman–Crippen MR) is 223 cm³/mol. The number of nitriles is 1. The maximum absolute atomic E-state index is 13.2. The number of aryl methyl sites for hydroxylation is 1. The van der Waals surface area contributed by atoms with E-state index in [0.29, 0.717) is 69.3 Å². The Morgan fingerprint density at radius 1 is 0.902 bits per heavy atom. The van der Waals surface area contributed by atoms with Gasteiger partial charge in [-0.25, -0.2) is 0 Å². The first-order valence-corrected chi connectivity index (χ1v) is 20.3. The van der Waals surface area contributed by atoms with E-state index in [0.717, 1.165) is 46.8 Å². The number of unbranched alkanes of at least 4 members (excludes halogenated alkanes) is 3. The number of imide groups is 2. The van der Waals surface area contributed by atoms with Crippen molar-refractivity contribution in [3.8, 4) is 11.8 Å². The second-order valence-electron chi connectivity index (χ2n) is 14.4. The highest BCUT2D eigenvalue weighted by Gasteiger charge is 2.46. The van der Waals surface area contributed by atoms with Crippen LogP contribution >= 0.6 is 0 Å². The van der Waals surface area contributed by atoms with Crippen LogP contribution in [-0.4, -0.2) is 92.8 Å². The number of rotatable bonds is 22. The van der Waals surface area contributed by atoms with Gasteiger partial charge in [0.25, 0.3) is 17.7 Å². The van der Waals surface area contributed by atoms with Gasteiger partial charge in [-0.2, -0.15) is 20.3 Å². The number of aromatic nitrogens is 4. The van der Waals surface area contributed by atoms with E-state index in [4.69, 9.17) is 10.00 Å². The van der Waals surface area contributed by atoms with Gasteiger partial charge in [0.15, 0.2) is 6.61 Å². The van der Waals surface area contributed by atoms with Crippen LogP contribution in [0.25, 0.3) is 0 Å². The lowest BCUT2D eigenvalue weighted by atomic mass is 10.0. The highest BCUT2D eigenvalue weighted by Crippen LogP contribution is 2.33. The van der Waals surface area contributed by atoms with Gasteiger partial charge >= 0.3 is 0 Å². The third-order valence-corrected chi connectivity index (χ3v) is 9.99. The summed E-state index contributed by atoms with van der Waals surface area (Å²) < 4.78 is 5.63. The fraction of sp³-hybridized carbons (Fsp3) is 0.381. The highest BCUT2D eigenvalue weighted by molar-refractivity contribution is 6.24. The summed E-state index contributed by atoms with van der Waals surface area (Å²) in [7, 11) is 0. The van der Waals surface area contributed by atoms with E-state index in [1.54, 1.807) is 12.3 Å². The van der Waals surface area contributed by atoms with Crippen molar-refractivity contribution in [2.45, 2.75) is 77.2 Å². The molecule has 19 heteroatoms. The molecule has 1 saturated heterocycles. The number of fused-ring (bicyclic) bond motifs is 1. The Labute approximate surface area is 351 Å². The summed E-state index contributed by atoms with van der Waals surface area (Å²) in [6.45, 7) is 3.09. The van der Waals surface area contributed by atoms with E-state index in [9.17, 15) is 28.8 Å². The van der Waals surface area contributed by atoms with Crippen molar-refractivity contribution >= 4 is 64.5 Å². The number of amides is 6. The largest absolute Gasteiger partial charge is 0.483 e. The third kappa shape index (κ3) is 11.7. The summed E-state index contributed by atoms with van der Waals surface area (Å²) in [6.07, 6.45) is 6.97.